The summed E-state index contributed by atoms with van der Waals surface area (Å²) in [5, 5.41) is 2.86. The number of piperazine rings is 1. The molecule has 2 aliphatic rings. The summed E-state index contributed by atoms with van der Waals surface area (Å²) in [7, 11) is 0. The molecule has 1 aliphatic carbocycles. The molecule has 0 aromatic heterocycles. The van der Waals surface area contributed by atoms with Gasteiger partial charge in [-0.05, 0) is 19.3 Å². The minimum atomic E-state index is -0.332. The Hall–Kier alpha value is -1.10. The number of nitrogens with zero attached hydrogens (tertiary/aromatic N) is 1. The van der Waals surface area contributed by atoms with Crippen molar-refractivity contribution in [3.8, 4) is 0 Å². The average Bonchev–Trinajstić information content (AvgIpc) is 2.92. The number of amides is 1. The molecule has 19 heavy (non-hydrogen) atoms. The monoisotopic (exact) mass is 268 g/mol. The van der Waals surface area contributed by atoms with Crippen molar-refractivity contribution in [1.82, 2.24) is 10.2 Å². The number of carbonyl (C=O) groups excluding carboxylic acids is 2. The highest BCUT2D eigenvalue weighted by molar-refractivity contribution is 5.87. The Kier molecular flexibility index (Phi) is 5.19. The molecule has 0 bridgehead atoms. The van der Waals surface area contributed by atoms with E-state index in [4.69, 9.17) is 4.74 Å². The Labute approximate surface area is 114 Å². The quantitative estimate of drug-likeness (QED) is 0.758. The van der Waals surface area contributed by atoms with Crippen molar-refractivity contribution < 1.29 is 14.3 Å². The molecule has 1 aliphatic heterocycles. The molecule has 1 heterocycles. The lowest BCUT2D eigenvalue weighted by Gasteiger charge is -2.38. The number of ether oxygens (including phenoxy) is 1. The zero-order valence-electron chi connectivity index (χ0n) is 11.7. The van der Waals surface area contributed by atoms with E-state index in [2.05, 4.69) is 10.2 Å². The van der Waals surface area contributed by atoms with Crippen LogP contribution in [-0.2, 0) is 14.3 Å². The molecule has 0 spiro atoms. The second-order valence-electron chi connectivity index (χ2n) is 5.41. The molecule has 2 fully saturated rings. The maximum atomic E-state index is 12.0. The van der Waals surface area contributed by atoms with Crippen molar-refractivity contribution in [2.45, 2.75) is 57.5 Å². The Morgan fingerprint density at radius 3 is 2.84 bits per heavy atom. The smallest absolute Gasteiger partial charge is 0.307 e. The highest BCUT2D eigenvalue weighted by atomic mass is 16.5. The van der Waals surface area contributed by atoms with Gasteiger partial charge in [-0.25, -0.2) is 0 Å². The first kappa shape index (κ1) is 14.3. The molecule has 1 amide bonds. The summed E-state index contributed by atoms with van der Waals surface area (Å²) < 4.78 is 5.11. The molecular weight excluding hydrogens is 244 g/mol. The van der Waals surface area contributed by atoms with E-state index < -0.39 is 0 Å². The van der Waals surface area contributed by atoms with E-state index in [9.17, 15) is 9.59 Å². The van der Waals surface area contributed by atoms with E-state index in [1.165, 1.54) is 12.8 Å². The SMILES string of the molecule is CCCOC(=O)C[C@H]1C(=O)NCCN1C1CCCC1. The van der Waals surface area contributed by atoms with Crippen LogP contribution in [0, 0.1) is 0 Å². The van der Waals surface area contributed by atoms with E-state index in [-0.39, 0.29) is 24.3 Å². The third kappa shape index (κ3) is 3.69. The first-order valence-corrected chi connectivity index (χ1v) is 7.41. The summed E-state index contributed by atoms with van der Waals surface area (Å²) in [6.07, 6.45) is 5.75. The van der Waals surface area contributed by atoms with Crippen LogP contribution in [0.1, 0.15) is 45.4 Å². The Morgan fingerprint density at radius 1 is 1.42 bits per heavy atom. The molecule has 1 atom stereocenters. The first-order chi connectivity index (χ1) is 9.22. The van der Waals surface area contributed by atoms with Gasteiger partial charge >= 0.3 is 5.97 Å². The zero-order chi connectivity index (χ0) is 13.7. The molecule has 1 saturated carbocycles. The summed E-state index contributed by atoms with van der Waals surface area (Å²) in [5.74, 6) is -0.279. The predicted octanol–water partition coefficient (Wildman–Crippen LogP) is 1.07. The van der Waals surface area contributed by atoms with Gasteiger partial charge in [-0.15, -0.1) is 0 Å². The van der Waals surface area contributed by atoms with Gasteiger partial charge in [0.15, 0.2) is 0 Å². The molecule has 108 valence electrons. The third-order valence-electron chi connectivity index (χ3n) is 3.99. The standard InChI is InChI=1S/C14H24N2O3/c1-2-9-19-13(17)10-12-14(18)15-7-8-16(12)11-5-3-4-6-11/h11-12H,2-10H2,1H3,(H,15,18)/t12-/m0/s1. The lowest BCUT2D eigenvalue weighted by Crippen LogP contribution is -2.58. The van der Waals surface area contributed by atoms with Gasteiger partial charge in [-0.1, -0.05) is 19.8 Å². The molecule has 5 nitrogen and oxygen atoms in total. The maximum Gasteiger partial charge on any atom is 0.307 e. The summed E-state index contributed by atoms with van der Waals surface area (Å²) in [6, 6.07) is 0.135. The van der Waals surface area contributed by atoms with Gasteiger partial charge in [0.2, 0.25) is 5.91 Å². The second-order valence-corrected chi connectivity index (χ2v) is 5.41. The molecule has 5 heteroatoms. The third-order valence-corrected chi connectivity index (χ3v) is 3.99. The Balaban J connectivity index is 1.95. The van der Waals surface area contributed by atoms with Crippen LogP contribution in [0.4, 0.5) is 0 Å². The molecule has 1 N–H and O–H groups in total. The fourth-order valence-corrected chi connectivity index (χ4v) is 3.05. The van der Waals surface area contributed by atoms with Crippen LogP contribution in [0.5, 0.6) is 0 Å². The topological polar surface area (TPSA) is 58.6 Å². The lowest BCUT2D eigenvalue weighted by atomic mass is 10.0. The molecule has 0 unspecified atom stereocenters. The average molecular weight is 268 g/mol. The molecule has 0 radical (unpaired) electrons. The minimum absolute atomic E-state index is 0.0217. The molecule has 0 aromatic carbocycles. The number of esters is 1. The van der Waals surface area contributed by atoms with Gasteiger partial charge < -0.3 is 10.1 Å². The van der Waals surface area contributed by atoms with Gasteiger partial charge in [-0.3, -0.25) is 14.5 Å². The van der Waals surface area contributed by atoms with Crippen LogP contribution in [0.2, 0.25) is 0 Å². The van der Waals surface area contributed by atoms with Crippen molar-refractivity contribution in [2.24, 2.45) is 0 Å². The van der Waals surface area contributed by atoms with Crippen molar-refractivity contribution in [2.75, 3.05) is 19.7 Å². The molecule has 1 saturated heterocycles. The molecule has 2 rings (SSSR count). The number of hydrogen-bond donors (Lipinski definition) is 1. The van der Waals surface area contributed by atoms with Crippen molar-refractivity contribution in [1.29, 1.82) is 0 Å². The first-order valence-electron chi connectivity index (χ1n) is 7.41. The van der Waals surface area contributed by atoms with Gasteiger partial charge in [0.05, 0.1) is 19.1 Å². The van der Waals surface area contributed by atoms with Crippen LogP contribution >= 0.6 is 0 Å². The van der Waals surface area contributed by atoms with E-state index in [1.807, 2.05) is 6.92 Å². The maximum absolute atomic E-state index is 12.0. The molecular formula is C14H24N2O3. The van der Waals surface area contributed by atoms with Gasteiger partial charge in [0, 0.05) is 19.1 Å². The zero-order valence-corrected chi connectivity index (χ0v) is 11.7. The summed E-state index contributed by atoms with van der Waals surface area (Å²) in [6.45, 7) is 3.94. The van der Waals surface area contributed by atoms with Crippen LogP contribution in [0.25, 0.3) is 0 Å². The highest BCUT2D eigenvalue weighted by Crippen LogP contribution is 2.27. The van der Waals surface area contributed by atoms with E-state index >= 15 is 0 Å². The van der Waals surface area contributed by atoms with Gasteiger partial charge in [0.1, 0.15) is 0 Å². The normalized spacial score (nSPS) is 25.3. The minimum Gasteiger partial charge on any atom is -0.466 e. The summed E-state index contributed by atoms with van der Waals surface area (Å²) in [5.41, 5.74) is 0. The van der Waals surface area contributed by atoms with Gasteiger partial charge in [0.25, 0.3) is 0 Å². The van der Waals surface area contributed by atoms with E-state index in [0.717, 1.165) is 25.8 Å². The number of hydrogen-bond acceptors (Lipinski definition) is 4. The Morgan fingerprint density at radius 2 is 2.16 bits per heavy atom. The fourth-order valence-electron chi connectivity index (χ4n) is 3.05. The largest absolute Gasteiger partial charge is 0.466 e. The fraction of sp³-hybridized carbons (Fsp3) is 0.857. The number of nitrogens with one attached hydrogen (secondary N) is 1. The van der Waals surface area contributed by atoms with Crippen molar-refractivity contribution in [3.63, 3.8) is 0 Å². The lowest BCUT2D eigenvalue weighted by molar-refractivity contribution is -0.149. The Bertz CT molecular complexity index is 327. The van der Waals surface area contributed by atoms with Crippen molar-refractivity contribution >= 4 is 11.9 Å². The summed E-state index contributed by atoms with van der Waals surface area (Å²) in [4.78, 5) is 26.0. The summed E-state index contributed by atoms with van der Waals surface area (Å²) >= 11 is 0. The van der Waals surface area contributed by atoms with E-state index in [1.54, 1.807) is 0 Å². The van der Waals surface area contributed by atoms with E-state index in [0.29, 0.717) is 19.2 Å². The second kappa shape index (κ2) is 6.89. The molecule has 0 aromatic rings. The number of carbonyl (C=O) groups is 2. The van der Waals surface area contributed by atoms with Crippen LogP contribution < -0.4 is 5.32 Å². The highest BCUT2D eigenvalue weighted by Gasteiger charge is 2.36. The number of rotatable bonds is 5. The van der Waals surface area contributed by atoms with Gasteiger partial charge in [-0.2, -0.15) is 0 Å². The van der Waals surface area contributed by atoms with Crippen LogP contribution in [-0.4, -0.2) is 48.6 Å². The predicted molar refractivity (Wildman–Crippen MR) is 71.6 cm³/mol. The van der Waals surface area contributed by atoms with Crippen molar-refractivity contribution in [3.05, 3.63) is 0 Å². The van der Waals surface area contributed by atoms with Crippen LogP contribution in [0.3, 0.4) is 0 Å². The van der Waals surface area contributed by atoms with Crippen LogP contribution in [0.15, 0.2) is 0 Å².